The maximum Gasteiger partial charge on any atom is 0.0464 e. The molecule has 3 nitrogen and oxygen atoms in total. The Labute approximate surface area is 81.9 Å². The van der Waals surface area contributed by atoms with Crippen molar-refractivity contribution in [2.45, 2.75) is 31.8 Å². The summed E-state index contributed by atoms with van der Waals surface area (Å²) in [7, 11) is 4.27. The number of likely N-dealkylation sites (N-methyl/N-ethyl adjacent to an activating group) is 1. The van der Waals surface area contributed by atoms with Crippen LogP contribution in [0.4, 0.5) is 0 Å². The first-order chi connectivity index (χ1) is 6.02. The van der Waals surface area contributed by atoms with Crippen LogP contribution in [-0.4, -0.2) is 55.1 Å². The molecule has 0 aromatic heterocycles. The summed E-state index contributed by atoms with van der Waals surface area (Å²) in [5.41, 5.74) is 6.09. The lowest BCUT2D eigenvalue weighted by molar-refractivity contribution is 0.151. The minimum Gasteiger partial charge on any atom is -0.329 e. The van der Waals surface area contributed by atoms with Crippen LogP contribution in [0.5, 0.6) is 0 Å². The first kappa shape index (κ1) is 11.0. The molecule has 1 atom stereocenters. The van der Waals surface area contributed by atoms with E-state index >= 15 is 0 Å². The molecule has 0 saturated carbocycles. The number of rotatable bonds is 3. The molecule has 1 aliphatic rings. The standard InChI is InChI=1S/C10H23N3/c1-9(2)13-6-5-10(7-11,8-13)12(3)4/h9H,5-8,11H2,1-4H3. The van der Waals surface area contributed by atoms with E-state index in [-0.39, 0.29) is 5.54 Å². The van der Waals surface area contributed by atoms with E-state index in [0.29, 0.717) is 6.04 Å². The molecule has 0 bridgehead atoms. The third kappa shape index (κ3) is 2.03. The second-order valence-electron chi connectivity index (χ2n) is 4.64. The molecule has 1 saturated heterocycles. The minimum atomic E-state index is 0.226. The summed E-state index contributed by atoms with van der Waals surface area (Å²) in [4.78, 5) is 4.79. The van der Waals surface area contributed by atoms with Gasteiger partial charge in [-0.2, -0.15) is 0 Å². The van der Waals surface area contributed by atoms with Crippen molar-refractivity contribution in [2.24, 2.45) is 5.73 Å². The van der Waals surface area contributed by atoms with E-state index < -0.39 is 0 Å². The lowest BCUT2D eigenvalue weighted by Crippen LogP contribution is -2.52. The van der Waals surface area contributed by atoms with E-state index in [1.807, 2.05) is 0 Å². The number of nitrogens with zero attached hydrogens (tertiary/aromatic N) is 2. The topological polar surface area (TPSA) is 32.5 Å². The molecule has 3 heteroatoms. The van der Waals surface area contributed by atoms with Crippen LogP contribution in [0.2, 0.25) is 0 Å². The molecule has 2 N–H and O–H groups in total. The van der Waals surface area contributed by atoms with Gasteiger partial charge in [-0.15, -0.1) is 0 Å². The van der Waals surface area contributed by atoms with Gasteiger partial charge >= 0.3 is 0 Å². The average molecular weight is 185 g/mol. The Kier molecular flexibility index (Phi) is 3.33. The quantitative estimate of drug-likeness (QED) is 0.689. The van der Waals surface area contributed by atoms with E-state index in [9.17, 15) is 0 Å². The normalized spacial score (nSPS) is 30.7. The Hall–Kier alpha value is -0.120. The lowest BCUT2D eigenvalue weighted by Gasteiger charge is -2.35. The van der Waals surface area contributed by atoms with Gasteiger partial charge < -0.3 is 10.6 Å². The molecule has 0 radical (unpaired) electrons. The molecule has 1 aliphatic heterocycles. The van der Waals surface area contributed by atoms with Crippen molar-refractivity contribution in [3.8, 4) is 0 Å². The predicted octanol–water partition coefficient (Wildman–Crippen LogP) is 0.360. The fourth-order valence-corrected chi connectivity index (χ4v) is 2.04. The van der Waals surface area contributed by atoms with Crippen molar-refractivity contribution >= 4 is 0 Å². The van der Waals surface area contributed by atoms with Crippen LogP contribution in [0.3, 0.4) is 0 Å². The van der Waals surface area contributed by atoms with Crippen LogP contribution in [0.25, 0.3) is 0 Å². The SMILES string of the molecule is CC(C)N1CCC(CN)(N(C)C)C1. The van der Waals surface area contributed by atoms with Crippen molar-refractivity contribution in [3.63, 3.8) is 0 Å². The van der Waals surface area contributed by atoms with Gasteiger partial charge in [0.15, 0.2) is 0 Å². The molecule has 0 amide bonds. The van der Waals surface area contributed by atoms with Gasteiger partial charge in [0.1, 0.15) is 0 Å². The molecule has 13 heavy (non-hydrogen) atoms. The predicted molar refractivity (Wildman–Crippen MR) is 56.8 cm³/mol. The Morgan fingerprint density at radius 1 is 1.46 bits per heavy atom. The Balaban J connectivity index is 2.63. The second-order valence-corrected chi connectivity index (χ2v) is 4.64. The highest BCUT2D eigenvalue weighted by Gasteiger charge is 2.39. The first-order valence-electron chi connectivity index (χ1n) is 5.13. The fraction of sp³-hybridized carbons (Fsp3) is 1.00. The van der Waals surface area contributed by atoms with Gasteiger partial charge in [0.05, 0.1) is 0 Å². The fourth-order valence-electron chi connectivity index (χ4n) is 2.04. The van der Waals surface area contributed by atoms with E-state index in [0.717, 1.165) is 13.1 Å². The first-order valence-corrected chi connectivity index (χ1v) is 5.13. The van der Waals surface area contributed by atoms with Crippen LogP contribution in [-0.2, 0) is 0 Å². The second kappa shape index (κ2) is 3.95. The summed E-state index contributed by atoms with van der Waals surface area (Å²) in [6, 6.07) is 0.647. The molecule has 1 rings (SSSR count). The zero-order valence-electron chi connectivity index (χ0n) is 9.38. The molecular formula is C10H23N3. The molecule has 78 valence electrons. The highest BCUT2D eigenvalue weighted by molar-refractivity contribution is 4.98. The highest BCUT2D eigenvalue weighted by Crippen LogP contribution is 2.26. The van der Waals surface area contributed by atoms with E-state index in [2.05, 4.69) is 37.7 Å². The number of hydrogen-bond donors (Lipinski definition) is 1. The summed E-state index contributed by atoms with van der Waals surface area (Å²) >= 11 is 0. The van der Waals surface area contributed by atoms with Crippen LogP contribution >= 0.6 is 0 Å². The smallest absolute Gasteiger partial charge is 0.0464 e. The zero-order valence-corrected chi connectivity index (χ0v) is 9.38. The van der Waals surface area contributed by atoms with Crippen molar-refractivity contribution < 1.29 is 0 Å². The van der Waals surface area contributed by atoms with Crippen molar-refractivity contribution in [2.75, 3.05) is 33.7 Å². The Morgan fingerprint density at radius 3 is 2.31 bits per heavy atom. The van der Waals surface area contributed by atoms with Crippen molar-refractivity contribution in [3.05, 3.63) is 0 Å². The highest BCUT2D eigenvalue weighted by atomic mass is 15.3. The summed E-state index contributed by atoms with van der Waals surface area (Å²) in [5, 5.41) is 0. The molecule has 1 heterocycles. The molecule has 0 aromatic rings. The van der Waals surface area contributed by atoms with Crippen LogP contribution in [0.15, 0.2) is 0 Å². The Morgan fingerprint density at radius 2 is 2.08 bits per heavy atom. The van der Waals surface area contributed by atoms with Gasteiger partial charge in [-0.1, -0.05) is 0 Å². The third-order valence-corrected chi connectivity index (χ3v) is 3.42. The summed E-state index contributed by atoms with van der Waals surface area (Å²) in [6.07, 6.45) is 1.20. The van der Waals surface area contributed by atoms with Gasteiger partial charge in [-0.3, -0.25) is 4.90 Å². The van der Waals surface area contributed by atoms with Gasteiger partial charge in [0, 0.05) is 31.2 Å². The molecule has 0 aliphatic carbocycles. The molecule has 0 aromatic carbocycles. The van der Waals surface area contributed by atoms with E-state index in [4.69, 9.17) is 5.73 Å². The number of likely N-dealkylation sites (tertiary alicyclic amines) is 1. The monoisotopic (exact) mass is 185 g/mol. The minimum absolute atomic E-state index is 0.226. The Bertz CT molecular complexity index is 168. The summed E-state index contributed by atoms with van der Waals surface area (Å²) < 4.78 is 0. The van der Waals surface area contributed by atoms with Crippen LogP contribution in [0, 0.1) is 0 Å². The molecule has 0 spiro atoms. The lowest BCUT2D eigenvalue weighted by atomic mass is 9.97. The van der Waals surface area contributed by atoms with Crippen molar-refractivity contribution in [1.29, 1.82) is 0 Å². The largest absolute Gasteiger partial charge is 0.329 e. The van der Waals surface area contributed by atoms with Gasteiger partial charge in [-0.05, 0) is 34.4 Å². The van der Waals surface area contributed by atoms with Gasteiger partial charge in [0.25, 0.3) is 0 Å². The molecule has 1 unspecified atom stereocenters. The average Bonchev–Trinajstić information content (AvgIpc) is 2.49. The van der Waals surface area contributed by atoms with Gasteiger partial charge in [-0.25, -0.2) is 0 Å². The maximum absolute atomic E-state index is 5.86. The molecule has 1 fully saturated rings. The van der Waals surface area contributed by atoms with Crippen molar-refractivity contribution in [1.82, 2.24) is 9.80 Å². The maximum atomic E-state index is 5.86. The van der Waals surface area contributed by atoms with Gasteiger partial charge in [0.2, 0.25) is 0 Å². The number of hydrogen-bond acceptors (Lipinski definition) is 3. The van der Waals surface area contributed by atoms with E-state index in [1.54, 1.807) is 0 Å². The zero-order chi connectivity index (χ0) is 10.1. The van der Waals surface area contributed by atoms with Crippen LogP contribution in [0.1, 0.15) is 20.3 Å². The summed E-state index contributed by atoms with van der Waals surface area (Å²) in [6.45, 7) is 7.58. The number of nitrogens with two attached hydrogens (primary N) is 1. The summed E-state index contributed by atoms with van der Waals surface area (Å²) in [5.74, 6) is 0. The van der Waals surface area contributed by atoms with Crippen LogP contribution < -0.4 is 5.73 Å². The van der Waals surface area contributed by atoms with E-state index in [1.165, 1.54) is 13.0 Å². The third-order valence-electron chi connectivity index (χ3n) is 3.42. The molecular weight excluding hydrogens is 162 g/mol.